The summed E-state index contributed by atoms with van der Waals surface area (Å²) in [7, 11) is 3.57. The first-order chi connectivity index (χ1) is 13.9. The highest BCUT2D eigenvalue weighted by Crippen LogP contribution is 2.25. The number of hydrogen-bond acceptors (Lipinski definition) is 4. The molecule has 1 N–H and O–H groups in total. The maximum Gasteiger partial charge on any atom is 0.258 e. The van der Waals surface area contributed by atoms with Crippen molar-refractivity contribution in [3.05, 3.63) is 58.6 Å². The zero-order chi connectivity index (χ0) is 21.1. The van der Waals surface area contributed by atoms with Crippen molar-refractivity contribution >= 4 is 28.5 Å². The van der Waals surface area contributed by atoms with Crippen LogP contribution in [0.2, 0.25) is 0 Å². The lowest BCUT2D eigenvalue weighted by atomic mass is 10.0. The van der Waals surface area contributed by atoms with E-state index in [1.165, 1.54) is 0 Å². The number of nitrogens with zero attached hydrogens (tertiary/aromatic N) is 3. The van der Waals surface area contributed by atoms with Gasteiger partial charge in [0, 0.05) is 30.3 Å². The number of methoxy groups -OCH3 is 1. The fraction of sp³-hybridized carbons (Fsp3) is 0.348. The number of allylic oxidation sites excluding steroid dienone is 2. The van der Waals surface area contributed by atoms with Crippen molar-refractivity contribution in [3.63, 3.8) is 0 Å². The molecule has 0 spiro atoms. The van der Waals surface area contributed by atoms with Gasteiger partial charge in [-0.3, -0.25) is 15.1 Å². The van der Waals surface area contributed by atoms with E-state index in [9.17, 15) is 4.79 Å². The van der Waals surface area contributed by atoms with Crippen LogP contribution >= 0.6 is 0 Å². The number of aromatic nitrogens is 3. The number of amides is 1. The normalized spacial score (nSPS) is 12.1. The molecule has 0 aliphatic heterocycles. The molecule has 29 heavy (non-hydrogen) atoms. The molecular formula is C23H28N4O2. The van der Waals surface area contributed by atoms with Crippen LogP contribution in [0.5, 0.6) is 0 Å². The Labute approximate surface area is 171 Å². The first kappa shape index (κ1) is 20.6. The second-order valence-corrected chi connectivity index (χ2v) is 7.14. The van der Waals surface area contributed by atoms with Gasteiger partial charge in [-0.25, -0.2) is 4.98 Å². The second kappa shape index (κ2) is 8.47. The highest BCUT2D eigenvalue weighted by atomic mass is 16.5. The van der Waals surface area contributed by atoms with Gasteiger partial charge in [0.2, 0.25) is 5.95 Å². The minimum Gasteiger partial charge on any atom is -0.501 e. The van der Waals surface area contributed by atoms with Crippen molar-refractivity contribution < 1.29 is 9.53 Å². The van der Waals surface area contributed by atoms with E-state index in [0.29, 0.717) is 11.5 Å². The number of carbonyl (C=O) groups excluding carboxylic acids is 1. The standard InChI is InChI=1S/C23H28N4O2/c1-7-17(21(8-2)29-6)19-13-16(12-15(4)24-19)22(28)26-23-25-18-10-9-14(3)11-20(18)27(23)5/h9-13H,7-8H2,1-6H3,(H,25,26,28)/b21-17-. The number of carbonyl (C=O) groups is 1. The van der Waals surface area contributed by atoms with Gasteiger partial charge in [-0.15, -0.1) is 0 Å². The molecule has 0 aliphatic rings. The van der Waals surface area contributed by atoms with Gasteiger partial charge in [-0.2, -0.15) is 0 Å². The van der Waals surface area contributed by atoms with Crippen molar-refractivity contribution in [1.82, 2.24) is 14.5 Å². The Kier molecular flexibility index (Phi) is 6.01. The van der Waals surface area contributed by atoms with Gasteiger partial charge in [0.1, 0.15) is 5.76 Å². The molecule has 0 aliphatic carbocycles. The van der Waals surface area contributed by atoms with Crippen LogP contribution in [-0.4, -0.2) is 27.6 Å². The molecule has 152 valence electrons. The van der Waals surface area contributed by atoms with E-state index in [-0.39, 0.29) is 5.91 Å². The van der Waals surface area contributed by atoms with Crippen molar-refractivity contribution in [1.29, 1.82) is 0 Å². The minimum absolute atomic E-state index is 0.210. The Morgan fingerprint density at radius 2 is 1.86 bits per heavy atom. The van der Waals surface area contributed by atoms with Crippen LogP contribution in [0.1, 0.15) is 54.0 Å². The molecule has 0 saturated heterocycles. The second-order valence-electron chi connectivity index (χ2n) is 7.14. The Bertz CT molecular complexity index is 1090. The summed E-state index contributed by atoms with van der Waals surface area (Å²) < 4.78 is 7.42. The summed E-state index contributed by atoms with van der Waals surface area (Å²) >= 11 is 0. The zero-order valence-electron chi connectivity index (χ0n) is 18.0. The Morgan fingerprint density at radius 3 is 2.52 bits per heavy atom. The van der Waals surface area contributed by atoms with Gasteiger partial charge in [0.25, 0.3) is 5.91 Å². The molecule has 0 bridgehead atoms. The van der Waals surface area contributed by atoms with E-state index in [0.717, 1.165) is 52.2 Å². The summed E-state index contributed by atoms with van der Waals surface area (Å²) in [5, 5.41) is 2.94. The summed E-state index contributed by atoms with van der Waals surface area (Å²) in [5.41, 5.74) is 6.11. The van der Waals surface area contributed by atoms with E-state index in [4.69, 9.17) is 4.74 Å². The number of fused-ring (bicyclic) bond motifs is 1. The number of hydrogen-bond donors (Lipinski definition) is 1. The lowest BCUT2D eigenvalue weighted by Crippen LogP contribution is -2.16. The van der Waals surface area contributed by atoms with Crippen molar-refractivity contribution in [3.8, 4) is 0 Å². The zero-order valence-corrected chi connectivity index (χ0v) is 18.0. The highest BCUT2D eigenvalue weighted by molar-refractivity contribution is 6.04. The summed E-state index contributed by atoms with van der Waals surface area (Å²) in [6, 6.07) is 9.64. The fourth-order valence-corrected chi connectivity index (χ4v) is 3.54. The topological polar surface area (TPSA) is 69.0 Å². The first-order valence-electron chi connectivity index (χ1n) is 9.87. The van der Waals surface area contributed by atoms with Crippen LogP contribution in [0.4, 0.5) is 5.95 Å². The molecule has 0 radical (unpaired) electrons. The molecule has 2 heterocycles. The van der Waals surface area contributed by atoms with Gasteiger partial charge < -0.3 is 9.30 Å². The molecule has 3 rings (SSSR count). The van der Waals surface area contributed by atoms with E-state index in [1.807, 2.05) is 50.6 Å². The molecule has 2 aromatic heterocycles. The minimum atomic E-state index is -0.210. The average Bonchev–Trinajstić information content (AvgIpc) is 3.00. The summed E-state index contributed by atoms with van der Waals surface area (Å²) in [6.07, 6.45) is 1.55. The molecule has 1 aromatic carbocycles. The number of benzene rings is 1. The average molecular weight is 393 g/mol. The number of aryl methyl sites for hydroxylation is 3. The molecule has 0 unspecified atom stereocenters. The van der Waals surface area contributed by atoms with Crippen LogP contribution in [0.25, 0.3) is 16.6 Å². The van der Waals surface area contributed by atoms with Crippen LogP contribution in [0.3, 0.4) is 0 Å². The monoisotopic (exact) mass is 392 g/mol. The highest BCUT2D eigenvalue weighted by Gasteiger charge is 2.16. The molecule has 0 atom stereocenters. The number of anilines is 1. The predicted octanol–water partition coefficient (Wildman–Crippen LogP) is 5.01. The lowest BCUT2D eigenvalue weighted by molar-refractivity contribution is 0.102. The van der Waals surface area contributed by atoms with Gasteiger partial charge in [0.15, 0.2) is 0 Å². The molecule has 3 aromatic rings. The summed E-state index contributed by atoms with van der Waals surface area (Å²) in [4.78, 5) is 22.2. The van der Waals surface area contributed by atoms with Gasteiger partial charge >= 0.3 is 0 Å². The van der Waals surface area contributed by atoms with E-state index in [2.05, 4.69) is 28.3 Å². The largest absolute Gasteiger partial charge is 0.501 e. The third-order valence-corrected chi connectivity index (χ3v) is 5.04. The maximum atomic E-state index is 13.0. The number of imidazole rings is 1. The van der Waals surface area contributed by atoms with Gasteiger partial charge in [-0.05, 0) is 50.1 Å². The van der Waals surface area contributed by atoms with Crippen LogP contribution in [0, 0.1) is 13.8 Å². The molecule has 0 saturated carbocycles. The third kappa shape index (κ3) is 4.16. The molecule has 6 nitrogen and oxygen atoms in total. The molecule has 1 amide bonds. The van der Waals surface area contributed by atoms with Crippen molar-refractivity contribution in [2.45, 2.75) is 40.5 Å². The molecular weight excluding hydrogens is 364 g/mol. The van der Waals surface area contributed by atoms with Crippen molar-refractivity contribution in [2.24, 2.45) is 7.05 Å². The first-order valence-corrected chi connectivity index (χ1v) is 9.87. The predicted molar refractivity (Wildman–Crippen MR) is 117 cm³/mol. The van der Waals surface area contributed by atoms with Crippen LogP contribution in [0.15, 0.2) is 36.1 Å². The number of nitrogens with one attached hydrogen (secondary N) is 1. The fourth-order valence-electron chi connectivity index (χ4n) is 3.54. The van der Waals surface area contributed by atoms with Crippen LogP contribution < -0.4 is 5.32 Å². The third-order valence-electron chi connectivity index (χ3n) is 5.04. The summed E-state index contributed by atoms with van der Waals surface area (Å²) in [6.45, 7) is 8.04. The van der Waals surface area contributed by atoms with E-state index >= 15 is 0 Å². The van der Waals surface area contributed by atoms with E-state index < -0.39 is 0 Å². The lowest BCUT2D eigenvalue weighted by Gasteiger charge is -2.13. The quantitative estimate of drug-likeness (QED) is 0.598. The van der Waals surface area contributed by atoms with E-state index in [1.54, 1.807) is 13.2 Å². The molecule has 0 fully saturated rings. The van der Waals surface area contributed by atoms with Gasteiger partial charge in [-0.1, -0.05) is 19.9 Å². The SMILES string of the molecule is CC/C(OC)=C(\CC)c1cc(C(=O)Nc2nc3ccc(C)cc3n2C)cc(C)n1. The van der Waals surface area contributed by atoms with Crippen LogP contribution in [-0.2, 0) is 11.8 Å². The Hall–Kier alpha value is -3.15. The number of rotatable bonds is 6. The smallest absolute Gasteiger partial charge is 0.258 e. The molecule has 6 heteroatoms. The number of ether oxygens (including phenoxy) is 1. The Morgan fingerprint density at radius 1 is 1.10 bits per heavy atom. The Balaban J connectivity index is 1.97. The summed E-state index contributed by atoms with van der Waals surface area (Å²) in [5.74, 6) is 1.20. The maximum absolute atomic E-state index is 13.0. The van der Waals surface area contributed by atoms with Crippen molar-refractivity contribution in [2.75, 3.05) is 12.4 Å². The van der Waals surface area contributed by atoms with Gasteiger partial charge in [0.05, 0.1) is 23.8 Å². The number of pyridine rings is 1.